The molecule has 158 valence electrons. The fourth-order valence-electron chi connectivity index (χ4n) is 3.86. The highest BCUT2D eigenvalue weighted by molar-refractivity contribution is 6.21. The van der Waals surface area contributed by atoms with Gasteiger partial charge in [0.2, 0.25) is 5.91 Å². The van der Waals surface area contributed by atoms with Crippen molar-refractivity contribution in [1.82, 2.24) is 14.3 Å². The van der Waals surface area contributed by atoms with Crippen molar-refractivity contribution in [2.24, 2.45) is 0 Å². The van der Waals surface area contributed by atoms with Gasteiger partial charge in [0.05, 0.1) is 16.8 Å². The summed E-state index contributed by atoms with van der Waals surface area (Å²) in [7, 11) is 0. The zero-order valence-electron chi connectivity index (χ0n) is 17.2. The molecule has 1 N–H and O–H groups in total. The highest BCUT2D eigenvalue weighted by Gasteiger charge is 2.34. The van der Waals surface area contributed by atoms with Gasteiger partial charge in [-0.15, -0.1) is 0 Å². The summed E-state index contributed by atoms with van der Waals surface area (Å²) in [4.78, 5) is 42.9. The Morgan fingerprint density at radius 1 is 0.875 bits per heavy atom. The van der Waals surface area contributed by atoms with Gasteiger partial charge in [-0.3, -0.25) is 19.3 Å². The van der Waals surface area contributed by atoms with Gasteiger partial charge < -0.3 is 9.72 Å². The zero-order valence-corrected chi connectivity index (χ0v) is 17.2. The van der Waals surface area contributed by atoms with E-state index in [1.54, 1.807) is 24.3 Å². The Morgan fingerprint density at radius 3 is 2.25 bits per heavy atom. The van der Waals surface area contributed by atoms with E-state index in [4.69, 9.17) is 0 Å². The lowest BCUT2D eigenvalue weighted by molar-refractivity contribution is -0.116. The third-order valence-corrected chi connectivity index (χ3v) is 5.49. The van der Waals surface area contributed by atoms with Crippen LogP contribution in [-0.2, 0) is 4.79 Å². The number of aromatic nitrogens is 2. The molecule has 1 aliphatic rings. The maximum atomic E-state index is 12.4. The van der Waals surface area contributed by atoms with Gasteiger partial charge in [-0.1, -0.05) is 30.3 Å². The standard InChI is InChI=1S/C25H20N4O3/c30-23(9-5-15-29-24(31)19-6-1-2-7-20(19)25(29)32)26-18-12-10-17(11-13-18)21-16-28-14-4-3-8-22(28)27-21/h1-4,6-8,10-14,16H,5,9,15H2,(H,26,30). The van der Waals surface area contributed by atoms with Crippen molar-refractivity contribution in [3.05, 3.63) is 90.3 Å². The third kappa shape index (κ3) is 3.65. The molecular weight excluding hydrogens is 404 g/mol. The Labute approximate surface area is 184 Å². The molecule has 5 rings (SSSR count). The fourth-order valence-corrected chi connectivity index (χ4v) is 3.86. The Balaban J connectivity index is 1.15. The predicted octanol–water partition coefficient (Wildman–Crippen LogP) is 4.02. The topological polar surface area (TPSA) is 83.8 Å². The first-order chi connectivity index (χ1) is 15.6. The molecule has 0 aliphatic carbocycles. The second kappa shape index (κ2) is 8.11. The van der Waals surface area contributed by atoms with E-state index in [9.17, 15) is 14.4 Å². The van der Waals surface area contributed by atoms with E-state index in [1.807, 2.05) is 59.3 Å². The molecule has 0 unspecified atom stereocenters. The molecule has 4 aromatic rings. The average Bonchev–Trinajstić information content (AvgIpc) is 3.35. The van der Waals surface area contributed by atoms with Gasteiger partial charge in [-0.05, 0) is 42.8 Å². The lowest BCUT2D eigenvalue weighted by Gasteiger charge is -2.13. The number of amides is 3. The summed E-state index contributed by atoms with van der Waals surface area (Å²) in [5.41, 5.74) is 4.22. The summed E-state index contributed by atoms with van der Waals surface area (Å²) in [6, 6.07) is 20.1. The maximum Gasteiger partial charge on any atom is 0.261 e. The number of anilines is 1. The minimum absolute atomic E-state index is 0.165. The number of carbonyl (C=O) groups is 3. The van der Waals surface area contributed by atoms with E-state index < -0.39 is 0 Å². The molecule has 0 atom stereocenters. The molecule has 1 aliphatic heterocycles. The molecule has 32 heavy (non-hydrogen) atoms. The minimum atomic E-state index is -0.298. The van der Waals surface area contributed by atoms with Crippen molar-refractivity contribution >= 4 is 29.1 Å². The van der Waals surface area contributed by atoms with Crippen LogP contribution in [0.2, 0.25) is 0 Å². The summed E-state index contributed by atoms with van der Waals surface area (Å²) >= 11 is 0. The number of imide groups is 1. The SMILES string of the molecule is O=C(CCCN1C(=O)c2ccccc2C1=O)Nc1ccc(-c2cn3ccccc3n2)cc1. The molecule has 7 heteroatoms. The first kappa shape index (κ1) is 19.7. The quantitative estimate of drug-likeness (QED) is 0.474. The zero-order chi connectivity index (χ0) is 22.1. The van der Waals surface area contributed by atoms with E-state index in [0.717, 1.165) is 16.9 Å². The smallest absolute Gasteiger partial charge is 0.261 e. The van der Waals surface area contributed by atoms with Crippen LogP contribution in [0.3, 0.4) is 0 Å². The van der Waals surface area contributed by atoms with Gasteiger partial charge in [0.15, 0.2) is 0 Å². The van der Waals surface area contributed by atoms with Crippen LogP contribution in [0.1, 0.15) is 33.6 Å². The van der Waals surface area contributed by atoms with Crippen molar-refractivity contribution < 1.29 is 14.4 Å². The van der Waals surface area contributed by atoms with Crippen molar-refractivity contribution in [1.29, 1.82) is 0 Å². The van der Waals surface area contributed by atoms with Gasteiger partial charge in [-0.2, -0.15) is 0 Å². The lowest BCUT2D eigenvalue weighted by Crippen LogP contribution is -2.31. The Hall–Kier alpha value is -4.26. The molecule has 3 heterocycles. The molecule has 7 nitrogen and oxygen atoms in total. The number of nitrogens with zero attached hydrogens (tertiary/aromatic N) is 3. The number of benzene rings is 2. The first-order valence-corrected chi connectivity index (χ1v) is 10.4. The van der Waals surface area contributed by atoms with Crippen molar-refractivity contribution in [3.63, 3.8) is 0 Å². The van der Waals surface area contributed by atoms with Crippen LogP contribution in [0.5, 0.6) is 0 Å². The molecule has 0 bridgehead atoms. The average molecular weight is 424 g/mol. The first-order valence-electron chi connectivity index (χ1n) is 10.4. The molecule has 0 saturated heterocycles. The summed E-state index contributed by atoms with van der Waals surface area (Å²) in [6.07, 6.45) is 4.52. The predicted molar refractivity (Wildman–Crippen MR) is 120 cm³/mol. The molecule has 0 radical (unpaired) electrons. The van der Waals surface area contributed by atoms with E-state index >= 15 is 0 Å². The number of hydrogen-bond acceptors (Lipinski definition) is 4. The van der Waals surface area contributed by atoms with Gasteiger partial charge in [0.1, 0.15) is 5.65 Å². The maximum absolute atomic E-state index is 12.4. The summed E-state index contributed by atoms with van der Waals surface area (Å²) in [5.74, 6) is -0.760. The molecule has 0 spiro atoms. The van der Waals surface area contributed by atoms with Crippen molar-refractivity contribution in [2.75, 3.05) is 11.9 Å². The molecular formula is C25H20N4O3. The van der Waals surface area contributed by atoms with Gasteiger partial charge in [0.25, 0.3) is 11.8 Å². The van der Waals surface area contributed by atoms with Gasteiger partial charge in [0, 0.05) is 36.6 Å². The molecule has 2 aromatic heterocycles. The van der Waals surface area contributed by atoms with Gasteiger partial charge >= 0.3 is 0 Å². The lowest BCUT2D eigenvalue weighted by atomic mass is 10.1. The van der Waals surface area contributed by atoms with E-state index in [-0.39, 0.29) is 30.7 Å². The second-order valence-corrected chi connectivity index (χ2v) is 7.63. The number of pyridine rings is 1. The Kier molecular flexibility index (Phi) is 4.99. The largest absolute Gasteiger partial charge is 0.326 e. The summed E-state index contributed by atoms with van der Waals surface area (Å²) in [5, 5.41) is 2.86. The van der Waals surface area contributed by atoms with Crippen molar-refractivity contribution in [2.45, 2.75) is 12.8 Å². The number of rotatable bonds is 6. The normalized spacial score (nSPS) is 12.9. The van der Waals surface area contributed by atoms with E-state index in [1.165, 1.54) is 4.90 Å². The molecule has 0 fully saturated rings. The van der Waals surface area contributed by atoms with E-state index in [0.29, 0.717) is 23.2 Å². The number of nitrogens with one attached hydrogen (secondary N) is 1. The van der Waals surface area contributed by atoms with Crippen LogP contribution in [0, 0.1) is 0 Å². The van der Waals surface area contributed by atoms with Crippen molar-refractivity contribution in [3.8, 4) is 11.3 Å². The highest BCUT2D eigenvalue weighted by Crippen LogP contribution is 2.23. The molecule has 0 saturated carbocycles. The number of hydrogen-bond donors (Lipinski definition) is 1. The Bertz CT molecular complexity index is 1270. The van der Waals surface area contributed by atoms with E-state index in [2.05, 4.69) is 10.3 Å². The minimum Gasteiger partial charge on any atom is -0.326 e. The van der Waals surface area contributed by atoms with Crippen LogP contribution in [-0.4, -0.2) is 38.6 Å². The number of imidazole rings is 1. The third-order valence-electron chi connectivity index (χ3n) is 5.49. The summed E-state index contributed by atoms with van der Waals surface area (Å²) in [6.45, 7) is 0.215. The Morgan fingerprint density at radius 2 is 1.56 bits per heavy atom. The second-order valence-electron chi connectivity index (χ2n) is 7.63. The number of fused-ring (bicyclic) bond motifs is 2. The van der Waals surface area contributed by atoms with Crippen LogP contribution >= 0.6 is 0 Å². The van der Waals surface area contributed by atoms with Crippen LogP contribution in [0.4, 0.5) is 5.69 Å². The van der Waals surface area contributed by atoms with Gasteiger partial charge in [-0.25, -0.2) is 4.98 Å². The van der Waals surface area contributed by atoms with Crippen LogP contribution < -0.4 is 5.32 Å². The van der Waals surface area contributed by atoms with Crippen LogP contribution in [0.15, 0.2) is 79.1 Å². The molecule has 2 aromatic carbocycles. The molecule has 3 amide bonds. The highest BCUT2D eigenvalue weighted by atomic mass is 16.2. The number of carbonyl (C=O) groups excluding carboxylic acids is 3. The van der Waals surface area contributed by atoms with Crippen LogP contribution in [0.25, 0.3) is 16.9 Å². The fraction of sp³-hybridized carbons (Fsp3) is 0.120. The monoisotopic (exact) mass is 424 g/mol. The summed E-state index contributed by atoms with van der Waals surface area (Å²) < 4.78 is 1.96.